The minimum Gasteiger partial charge on any atom is -0.508 e. The number of nitrogens with zero attached hydrogens (tertiary/aromatic N) is 1. The van der Waals surface area contributed by atoms with Crippen LogP contribution in [-0.2, 0) is 70.3 Å². The molecule has 2 heterocycles. The minimum absolute atomic E-state index is 0.150. The summed E-state index contributed by atoms with van der Waals surface area (Å²) in [7, 11) is 0. The number of aliphatic hydroxyl groups excluding tert-OH is 3. The number of carbonyl (C=O) groups is 11. The van der Waals surface area contributed by atoms with Crippen LogP contribution in [-0.4, -0.2) is 163 Å². The summed E-state index contributed by atoms with van der Waals surface area (Å²) in [6.45, 7) is 7.36. The summed E-state index contributed by atoms with van der Waals surface area (Å²) >= 11 is 0. The highest BCUT2D eigenvalue weighted by Crippen LogP contribution is 2.16. The first-order valence-corrected chi connectivity index (χ1v) is 28.2. The SMILES string of the molecule is C/C=C1\NC(=O)[C@@H](Cc2ccc(O)cc2)NC(=O)[C@@H]([C@H](C)O)NC(=O)[C@@H](NC(=O)/C(=C\C)NC(=O)C[C@H](O)CCCCCCCCCCC)[C@@H](C)OC(=O)[C@H](Cc2cnc[nH]2)NC(=O)[C@H]([C@@H](C)O)NC(=O)CNC(=O)[C@@H](CCC(N)=O)NC1=O. The summed E-state index contributed by atoms with van der Waals surface area (Å²) in [5, 5.41) is 63.7. The van der Waals surface area contributed by atoms with E-state index in [1.807, 2.05) is 0 Å². The second-order valence-electron chi connectivity index (χ2n) is 20.5. The number of nitrogens with two attached hydrogens (primary N) is 1. The Bertz CT molecular complexity index is 2610. The number of allylic oxidation sites excluding steroid dienone is 2. The van der Waals surface area contributed by atoms with Crippen LogP contribution in [0.4, 0.5) is 0 Å². The molecule has 2 aromatic rings. The van der Waals surface area contributed by atoms with Gasteiger partial charge in [-0.25, -0.2) is 9.78 Å². The zero-order chi connectivity index (χ0) is 62.5. The Hall–Kier alpha value is -8.24. The number of cyclic esters (lactones) is 1. The number of hydrogen-bond donors (Lipinski definition) is 15. The standard InChI is InChI=1S/C56H84N12O16/c1-7-10-11-12-13-14-15-16-17-18-37(72)27-44(74)61-38(8-2)51(78)68-48-33(6)84-56(83)42(26-35-28-58-30-60-35)65-53(80)46(31(4)69)66-45(75)29-59-49(76)40(23-24-43(57)73)63-50(77)39(9-3)62-52(79)41(25-34-19-21-36(71)22-20-34)64-54(81)47(32(5)70)67-55(48)82/h8-9,19-22,28,30-33,37,40-42,46-48,69-72H,7,10-18,23-27,29H2,1-6H3,(H2,57,73)(H,58,60)(H,59,76)(H,61,74)(H,62,79)(H,63,77)(H,64,81)(H,65,80)(H,66,75)(H,67,82)(H,68,78)/b38-8+,39-9-/t31-,32+,33-,37-,40-,41-,42+,46+,47-,48+/m1/s1. The smallest absolute Gasteiger partial charge is 0.329 e. The zero-order valence-electron chi connectivity index (χ0n) is 48.4. The number of H-pyrrole nitrogens is 1. The molecule has 1 aromatic heterocycles. The van der Waals surface area contributed by atoms with Crippen LogP contribution in [0.2, 0.25) is 0 Å². The number of unbranched alkanes of at least 4 members (excludes halogenated alkanes) is 8. The molecule has 3 rings (SSSR count). The normalized spacial score (nSPS) is 22.8. The number of aromatic hydroxyl groups is 1. The van der Waals surface area contributed by atoms with Crippen LogP contribution < -0.4 is 53.6 Å². The minimum atomic E-state index is -2.02. The average Bonchev–Trinajstić information content (AvgIpc) is 4.03. The molecule has 28 nitrogen and oxygen atoms in total. The molecule has 28 heteroatoms. The van der Waals surface area contributed by atoms with Crippen LogP contribution >= 0.6 is 0 Å². The number of aliphatic hydroxyl groups is 3. The van der Waals surface area contributed by atoms with Crippen LogP contribution in [0.15, 0.2) is 60.3 Å². The van der Waals surface area contributed by atoms with Crippen molar-refractivity contribution in [1.29, 1.82) is 0 Å². The van der Waals surface area contributed by atoms with Gasteiger partial charge in [0.05, 0.1) is 37.6 Å². The molecule has 0 aliphatic carbocycles. The van der Waals surface area contributed by atoms with Crippen LogP contribution in [0.5, 0.6) is 5.75 Å². The molecule has 0 unspecified atom stereocenters. The lowest BCUT2D eigenvalue weighted by Crippen LogP contribution is -2.62. The number of rotatable bonds is 24. The quantitative estimate of drug-likeness (QED) is 0.0327. The molecule has 1 aromatic carbocycles. The molecule has 1 saturated heterocycles. The monoisotopic (exact) mass is 1180 g/mol. The first-order chi connectivity index (χ1) is 39.9. The molecule has 0 saturated carbocycles. The van der Waals surface area contributed by atoms with Crippen molar-refractivity contribution in [3.05, 3.63) is 71.6 Å². The van der Waals surface area contributed by atoms with E-state index in [-0.39, 0.29) is 17.9 Å². The predicted octanol–water partition coefficient (Wildman–Crippen LogP) is -1.39. The summed E-state index contributed by atoms with van der Waals surface area (Å²) in [5.74, 6) is -12.1. The topological polar surface area (TPSA) is 441 Å². The molecule has 10 atom stereocenters. The van der Waals surface area contributed by atoms with Crippen molar-refractivity contribution in [3.8, 4) is 5.75 Å². The van der Waals surface area contributed by atoms with Crippen molar-refractivity contribution < 1.29 is 77.9 Å². The van der Waals surface area contributed by atoms with Gasteiger partial charge in [0.25, 0.3) is 11.8 Å². The van der Waals surface area contributed by atoms with Gasteiger partial charge in [0.15, 0.2) is 0 Å². The number of phenolic OH excluding ortho intramolecular Hbond substituents is 1. The fourth-order valence-electron chi connectivity index (χ4n) is 8.67. The molecule has 1 aliphatic heterocycles. The predicted molar refractivity (Wildman–Crippen MR) is 302 cm³/mol. The fraction of sp³-hybridized carbons (Fsp3) is 0.571. The van der Waals surface area contributed by atoms with Gasteiger partial charge in [0.1, 0.15) is 59.5 Å². The van der Waals surface area contributed by atoms with Gasteiger partial charge in [0.2, 0.25) is 47.3 Å². The summed E-state index contributed by atoms with van der Waals surface area (Å²) in [6, 6.07) is -5.39. The molecule has 1 aliphatic rings. The first-order valence-electron chi connectivity index (χ1n) is 28.2. The van der Waals surface area contributed by atoms with Gasteiger partial charge < -0.3 is 83.7 Å². The van der Waals surface area contributed by atoms with Crippen molar-refractivity contribution in [2.75, 3.05) is 6.54 Å². The molecular weight excluding hydrogens is 1100 g/mol. The third-order valence-corrected chi connectivity index (χ3v) is 13.5. The van der Waals surface area contributed by atoms with Crippen molar-refractivity contribution in [2.45, 2.75) is 199 Å². The summed E-state index contributed by atoms with van der Waals surface area (Å²) in [5.41, 5.74) is 5.01. The Morgan fingerprint density at radius 2 is 1.37 bits per heavy atom. The van der Waals surface area contributed by atoms with Gasteiger partial charge in [0, 0.05) is 31.2 Å². The second kappa shape index (κ2) is 36.4. The molecule has 0 radical (unpaired) electrons. The largest absolute Gasteiger partial charge is 0.508 e. The Labute approximate surface area is 487 Å². The van der Waals surface area contributed by atoms with E-state index in [4.69, 9.17) is 10.5 Å². The van der Waals surface area contributed by atoms with E-state index in [9.17, 15) is 73.2 Å². The maximum atomic E-state index is 14.6. The number of imidazole rings is 1. The Balaban J connectivity index is 2.10. The van der Waals surface area contributed by atoms with Crippen LogP contribution in [0, 0.1) is 0 Å². The summed E-state index contributed by atoms with van der Waals surface area (Å²) < 4.78 is 5.75. The number of ether oxygens (including phenoxy) is 1. The molecule has 464 valence electrons. The van der Waals surface area contributed by atoms with Crippen molar-refractivity contribution >= 4 is 65.0 Å². The van der Waals surface area contributed by atoms with Gasteiger partial charge in [-0.3, -0.25) is 47.9 Å². The zero-order valence-corrected chi connectivity index (χ0v) is 48.4. The third kappa shape index (κ3) is 24.7. The lowest BCUT2D eigenvalue weighted by molar-refractivity contribution is -0.156. The first kappa shape index (κ1) is 70.0. The van der Waals surface area contributed by atoms with Gasteiger partial charge in [-0.15, -0.1) is 0 Å². The Morgan fingerprint density at radius 1 is 0.762 bits per heavy atom. The number of benzene rings is 1. The van der Waals surface area contributed by atoms with E-state index in [2.05, 4.69) is 64.7 Å². The van der Waals surface area contributed by atoms with E-state index in [1.165, 1.54) is 76.0 Å². The number of carbonyl (C=O) groups excluding carboxylic acids is 11. The number of phenols is 1. The number of nitrogens with one attached hydrogen (secondary N) is 10. The summed E-state index contributed by atoms with van der Waals surface area (Å²) in [6.07, 6.45) is 6.30. The van der Waals surface area contributed by atoms with Gasteiger partial charge in [-0.2, -0.15) is 0 Å². The van der Waals surface area contributed by atoms with Gasteiger partial charge in [-0.1, -0.05) is 89.0 Å². The molecule has 1 fully saturated rings. The van der Waals surface area contributed by atoms with E-state index >= 15 is 0 Å². The highest BCUT2D eigenvalue weighted by atomic mass is 16.5. The van der Waals surface area contributed by atoms with Crippen LogP contribution in [0.25, 0.3) is 0 Å². The van der Waals surface area contributed by atoms with E-state index < -0.39 is 169 Å². The van der Waals surface area contributed by atoms with E-state index in [1.54, 1.807) is 0 Å². The number of aromatic amines is 1. The number of hydrogen-bond acceptors (Lipinski definition) is 17. The number of primary amides is 1. The fourth-order valence-corrected chi connectivity index (χ4v) is 8.67. The highest BCUT2D eigenvalue weighted by molar-refractivity contribution is 6.03. The van der Waals surface area contributed by atoms with Crippen molar-refractivity contribution in [3.63, 3.8) is 0 Å². The molecule has 16 N–H and O–H groups in total. The molecular formula is C56H84N12O16. The van der Waals surface area contributed by atoms with Crippen molar-refractivity contribution in [2.24, 2.45) is 5.73 Å². The summed E-state index contributed by atoms with van der Waals surface area (Å²) in [4.78, 5) is 158. The lowest BCUT2D eigenvalue weighted by Gasteiger charge is -2.30. The lowest BCUT2D eigenvalue weighted by atomic mass is 10.0. The van der Waals surface area contributed by atoms with Gasteiger partial charge in [-0.05, 0) is 65.2 Å². The van der Waals surface area contributed by atoms with Crippen LogP contribution in [0.1, 0.15) is 136 Å². The average molecular weight is 1180 g/mol. The second-order valence-corrected chi connectivity index (χ2v) is 20.5. The van der Waals surface area contributed by atoms with Crippen molar-refractivity contribution in [1.82, 2.24) is 57.8 Å². The number of aromatic nitrogens is 2. The number of esters is 1. The number of amides is 10. The van der Waals surface area contributed by atoms with Gasteiger partial charge >= 0.3 is 5.97 Å². The molecule has 10 amide bonds. The highest BCUT2D eigenvalue weighted by Gasteiger charge is 2.39. The maximum Gasteiger partial charge on any atom is 0.329 e. The third-order valence-electron chi connectivity index (χ3n) is 13.5. The molecule has 84 heavy (non-hydrogen) atoms. The van der Waals surface area contributed by atoms with Crippen LogP contribution in [0.3, 0.4) is 0 Å². The maximum absolute atomic E-state index is 14.6. The Morgan fingerprint density at radius 3 is 1.94 bits per heavy atom. The Kier molecular flexibility index (Phi) is 30.3. The molecule has 0 spiro atoms. The van der Waals surface area contributed by atoms with E-state index in [0.717, 1.165) is 59.0 Å². The van der Waals surface area contributed by atoms with E-state index in [0.29, 0.717) is 18.4 Å². The molecule has 0 bridgehead atoms.